The van der Waals surface area contributed by atoms with Crippen LogP contribution in [0.25, 0.3) is 0 Å². The van der Waals surface area contributed by atoms with E-state index in [1.165, 1.54) is 12.1 Å². The van der Waals surface area contributed by atoms with Crippen LogP contribution in [0.15, 0.2) is 24.4 Å². The van der Waals surface area contributed by atoms with Crippen LogP contribution in [0.2, 0.25) is 0 Å². The van der Waals surface area contributed by atoms with Gasteiger partial charge in [-0.25, -0.2) is 8.78 Å². The van der Waals surface area contributed by atoms with Gasteiger partial charge in [0, 0.05) is 25.2 Å². The van der Waals surface area contributed by atoms with E-state index in [0.29, 0.717) is 25.3 Å². The van der Waals surface area contributed by atoms with E-state index in [1.807, 2.05) is 0 Å². The van der Waals surface area contributed by atoms with Crippen LogP contribution in [0, 0.1) is 17.6 Å². The monoisotopic (exact) mass is 350 g/mol. The Morgan fingerprint density at radius 3 is 2.96 bits per heavy atom. The zero-order chi connectivity index (χ0) is 17.8. The first-order valence-electron chi connectivity index (χ1n) is 8.27. The fourth-order valence-electron chi connectivity index (χ4n) is 3.17. The molecule has 8 heteroatoms. The van der Waals surface area contributed by atoms with E-state index in [4.69, 9.17) is 5.11 Å². The first-order chi connectivity index (χ1) is 12.1. The lowest BCUT2D eigenvalue weighted by Gasteiger charge is -2.32. The molecule has 1 fully saturated rings. The minimum atomic E-state index is -0.955. The number of rotatable bonds is 5. The van der Waals surface area contributed by atoms with E-state index in [2.05, 4.69) is 10.3 Å². The summed E-state index contributed by atoms with van der Waals surface area (Å²) in [6.45, 7) is 1.61. The predicted molar refractivity (Wildman–Crippen MR) is 85.3 cm³/mol. The van der Waals surface area contributed by atoms with Gasteiger partial charge in [-0.2, -0.15) is 0 Å². The van der Waals surface area contributed by atoms with Crippen molar-refractivity contribution >= 4 is 5.91 Å². The number of hydrogen-bond donors (Lipinski definition) is 1. The molecule has 1 aliphatic rings. The molecule has 1 unspecified atom stereocenters. The van der Waals surface area contributed by atoms with Gasteiger partial charge in [-0.3, -0.25) is 9.48 Å². The standard InChI is InChI=1S/C17H20F2N4O2/c18-15-5-1-4-13(17(15)19)7-16(25)22-6-2-3-12(8-22)9-23-10-14(11-24)20-21-23/h1,4-5,10,12,24H,2-3,6-9,11H2. The van der Waals surface area contributed by atoms with Crippen molar-refractivity contribution in [3.63, 3.8) is 0 Å². The molecule has 25 heavy (non-hydrogen) atoms. The second kappa shape index (κ2) is 7.69. The highest BCUT2D eigenvalue weighted by atomic mass is 19.2. The fraction of sp³-hybridized carbons (Fsp3) is 0.471. The number of amides is 1. The zero-order valence-electron chi connectivity index (χ0n) is 13.7. The van der Waals surface area contributed by atoms with Crippen LogP contribution in [-0.4, -0.2) is 44.0 Å². The summed E-state index contributed by atoms with van der Waals surface area (Å²) in [5, 5.41) is 16.8. The number of aliphatic hydroxyl groups is 1. The van der Waals surface area contributed by atoms with Crippen molar-refractivity contribution in [1.29, 1.82) is 0 Å². The number of carbonyl (C=O) groups excluding carboxylic acids is 1. The molecule has 1 saturated heterocycles. The maximum Gasteiger partial charge on any atom is 0.227 e. The van der Waals surface area contributed by atoms with Gasteiger partial charge in [0.1, 0.15) is 5.69 Å². The van der Waals surface area contributed by atoms with Crippen LogP contribution >= 0.6 is 0 Å². The fourth-order valence-corrected chi connectivity index (χ4v) is 3.17. The van der Waals surface area contributed by atoms with E-state index in [9.17, 15) is 13.6 Å². The predicted octanol–water partition coefficient (Wildman–Crippen LogP) is 1.53. The van der Waals surface area contributed by atoms with Crippen LogP contribution in [0.4, 0.5) is 8.78 Å². The van der Waals surface area contributed by atoms with E-state index >= 15 is 0 Å². The van der Waals surface area contributed by atoms with Crippen LogP contribution in [-0.2, 0) is 24.4 Å². The summed E-state index contributed by atoms with van der Waals surface area (Å²) in [5.41, 5.74) is 0.585. The summed E-state index contributed by atoms with van der Waals surface area (Å²) in [4.78, 5) is 14.1. The Morgan fingerprint density at radius 2 is 2.20 bits per heavy atom. The Bertz CT molecular complexity index is 750. The Hall–Kier alpha value is -2.35. The molecule has 0 radical (unpaired) electrons. The molecule has 1 amide bonds. The van der Waals surface area contributed by atoms with Crippen LogP contribution in [0.5, 0.6) is 0 Å². The van der Waals surface area contributed by atoms with Gasteiger partial charge in [0.05, 0.1) is 19.2 Å². The molecule has 3 rings (SSSR count). The van der Waals surface area contributed by atoms with Crippen molar-refractivity contribution in [2.24, 2.45) is 5.92 Å². The topological polar surface area (TPSA) is 71.2 Å². The minimum Gasteiger partial charge on any atom is -0.390 e. The lowest BCUT2D eigenvalue weighted by molar-refractivity contribution is -0.132. The van der Waals surface area contributed by atoms with Crippen molar-refractivity contribution in [3.05, 3.63) is 47.3 Å². The third-order valence-electron chi connectivity index (χ3n) is 4.44. The maximum atomic E-state index is 13.7. The second-order valence-corrected chi connectivity index (χ2v) is 6.33. The molecule has 2 aromatic rings. The molecule has 0 saturated carbocycles. The third kappa shape index (κ3) is 4.19. The molecule has 1 aromatic carbocycles. The van der Waals surface area contributed by atoms with Gasteiger partial charge in [0.25, 0.3) is 0 Å². The van der Waals surface area contributed by atoms with Crippen molar-refractivity contribution in [1.82, 2.24) is 19.9 Å². The van der Waals surface area contributed by atoms with Crippen molar-refractivity contribution in [2.75, 3.05) is 13.1 Å². The van der Waals surface area contributed by atoms with Gasteiger partial charge < -0.3 is 10.0 Å². The van der Waals surface area contributed by atoms with Gasteiger partial charge >= 0.3 is 0 Å². The maximum absolute atomic E-state index is 13.7. The molecule has 6 nitrogen and oxygen atoms in total. The molecular formula is C17H20F2N4O2. The molecule has 0 spiro atoms. The zero-order valence-corrected chi connectivity index (χ0v) is 13.7. The molecule has 0 aliphatic carbocycles. The Kier molecular flexibility index (Phi) is 5.37. The quantitative estimate of drug-likeness (QED) is 0.888. The highest BCUT2D eigenvalue weighted by molar-refractivity contribution is 5.79. The normalized spacial score (nSPS) is 17.7. The SMILES string of the molecule is O=C(Cc1cccc(F)c1F)N1CCCC(Cn2cc(CO)nn2)C1. The highest BCUT2D eigenvalue weighted by Gasteiger charge is 2.25. The highest BCUT2D eigenvalue weighted by Crippen LogP contribution is 2.20. The summed E-state index contributed by atoms with van der Waals surface area (Å²) in [5.74, 6) is -1.89. The first-order valence-corrected chi connectivity index (χ1v) is 8.27. The number of aliphatic hydroxyl groups excluding tert-OH is 1. The van der Waals surface area contributed by atoms with Crippen LogP contribution in [0.1, 0.15) is 24.1 Å². The number of halogens is 2. The van der Waals surface area contributed by atoms with Crippen molar-refractivity contribution in [3.8, 4) is 0 Å². The molecule has 1 atom stereocenters. The summed E-state index contributed by atoms with van der Waals surface area (Å²) < 4.78 is 28.7. The van der Waals surface area contributed by atoms with Gasteiger partial charge in [-0.05, 0) is 24.8 Å². The van der Waals surface area contributed by atoms with Crippen LogP contribution < -0.4 is 0 Å². The largest absolute Gasteiger partial charge is 0.390 e. The van der Waals surface area contributed by atoms with Crippen LogP contribution in [0.3, 0.4) is 0 Å². The summed E-state index contributed by atoms with van der Waals surface area (Å²) in [6, 6.07) is 3.88. The molecular weight excluding hydrogens is 330 g/mol. The van der Waals surface area contributed by atoms with Gasteiger partial charge in [0.2, 0.25) is 5.91 Å². The summed E-state index contributed by atoms with van der Waals surface area (Å²) >= 11 is 0. The average Bonchev–Trinajstić information content (AvgIpc) is 3.07. The Morgan fingerprint density at radius 1 is 1.36 bits per heavy atom. The molecule has 0 bridgehead atoms. The number of piperidine rings is 1. The van der Waals surface area contributed by atoms with Crippen molar-refractivity contribution in [2.45, 2.75) is 32.4 Å². The second-order valence-electron chi connectivity index (χ2n) is 6.33. The van der Waals surface area contributed by atoms with E-state index in [-0.39, 0.29) is 30.4 Å². The number of hydrogen-bond acceptors (Lipinski definition) is 4. The minimum absolute atomic E-state index is 0.0796. The number of carbonyl (C=O) groups is 1. The first kappa shape index (κ1) is 17.5. The number of nitrogens with zero attached hydrogens (tertiary/aromatic N) is 4. The number of benzene rings is 1. The smallest absolute Gasteiger partial charge is 0.227 e. The average molecular weight is 350 g/mol. The Balaban J connectivity index is 1.60. The van der Waals surface area contributed by atoms with Crippen molar-refractivity contribution < 1.29 is 18.7 Å². The van der Waals surface area contributed by atoms with E-state index in [0.717, 1.165) is 18.9 Å². The molecule has 134 valence electrons. The van der Waals surface area contributed by atoms with E-state index in [1.54, 1.807) is 15.8 Å². The van der Waals surface area contributed by atoms with E-state index < -0.39 is 11.6 Å². The number of likely N-dealkylation sites (tertiary alicyclic amines) is 1. The molecule has 2 heterocycles. The summed E-state index contributed by atoms with van der Waals surface area (Å²) in [7, 11) is 0. The number of aromatic nitrogens is 3. The van der Waals surface area contributed by atoms with Gasteiger partial charge in [-0.15, -0.1) is 5.10 Å². The van der Waals surface area contributed by atoms with Gasteiger partial charge in [-0.1, -0.05) is 17.3 Å². The van der Waals surface area contributed by atoms with Gasteiger partial charge in [0.15, 0.2) is 11.6 Å². The molecule has 1 N–H and O–H groups in total. The third-order valence-corrected chi connectivity index (χ3v) is 4.44. The Labute approximate surface area is 144 Å². The molecule has 1 aliphatic heterocycles. The molecule has 1 aromatic heterocycles. The summed E-state index contributed by atoms with van der Waals surface area (Å²) in [6.07, 6.45) is 3.34. The lowest BCUT2D eigenvalue weighted by atomic mass is 9.97. The lowest BCUT2D eigenvalue weighted by Crippen LogP contribution is -2.42.